The molecule has 0 spiro atoms. The van der Waals surface area contributed by atoms with E-state index in [9.17, 15) is 0 Å². The number of pyridine rings is 1. The normalized spacial score (nSPS) is 21.2. The molecule has 0 amide bonds. The van der Waals surface area contributed by atoms with Crippen LogP contribution < -0.4 is 5.73 Å². The molecule has 0 aliphatic heterocycles. The van der Waals surface area contributed by atoms with Gasteiger partial charge in [0.15, 0.2) is 0 Å². The third-order valence-corrected chi connectivity index (χ3v) is 4.90. The lowest BCUT2D eigenvalue weighted by molar-refractivity contribution is 0.282. The maximum absolute atomic E-state index is 6.27. The Bertz CT molecular complexity index is 604. The van der Waals surface area contributed by atoms with Gasteiger partial charge in [-0.2, -0.15) is 0 Å². The molecule has 2 aromatic rings. The van der Waals surface area contributed by atoms with E-state index >= 15 is 0 Å². The standard InChI is InChI=1S/C14H16ClN3S/c1-14(2)5-9(16)12-11(6-14)18-13(19-12)10-4-3-8(15)7-17-10/h3-4,7,9H,5-6,16H2,1-2H3. The van der Waals surface area contributed by atoms with Crippen molar-refractivity contribution in [3.8, 4) is 10.7 Å². The summed E-state index contributed by atoms with van der Waals surface area (Å²) in [6.07, 6.45) is 3.65. The summed E-state index contributed by atoms with van der Waals surface area (Å²) in [5, 5.41) is 1.58. The van der Waals surface area contributed by atoms with Crippen LogP contribution in [0.1, 0.15) is 36.9 Å². The molecule has 3 rings (SSSR count). The van der Waals surface area contributed by atoms with Crippen molar-refractivity contribution in [3.05, 3.63) is 33.9 Å². The number of thiazole rings is 1. The van der Waals surface area contributed by atoms with Crippen molar-refractivity contribution in [2.45, 2.75) is 32.7 Å². The topological polar surface area (TPSA) is 51.8 Å². The SMILES string of the molecule is CC1(C)Cc2nc(-c3ccc(Cl)cn3)sc2C(N)C1. The zero-order valence-electron chi connectivity index (χ0n) is 11.0. The molecule has 2 heterocycles. The molecule has 3 nitrogen and oxygen atoms in total. The Hall–Kier alpha value is -0.970. The molecule has 5 heteroatoms. The van der Waals surface area contributed by atoms with Crippen LogP contribution >= 0.6 is 22.9 Å². The molecule has 1 unspecified atom stereocenters. The fourth-order valence-corrected chi connectivity index (χ4v) is 3.78. The summed E-state index contributed by atoms with van der Waals surface area (Å²) in [6.45, 7) is 4.49. The first kappa shape index (κ1) is 13.0. The highest BCUT2D eigenvalue weighted by molar-refractivity contribution is 7.15. The molecule has 1 aliphatic rings. The van der Waals surface area contributed by atoms with Crippen LogP contribution in [0.2, 0.25) is 5.02 Å². The highest BCUT2D eigenvalue weighted by Gasteiger charge is 2.33. The molecule has 2 aromatic heterocycles. The summed E-state index contributed by atoms with van der Waals surface area (Å²) in [7, 11) is 0. The summed E-state index contributed by atoms with van der Waals surface area (Å²) in [6, 6.07) is 3.84. The van der Waals surface area contributed by atoms with Gasteiger partial charge in [0.1, 0.15) is 5.01 Å². The van der Waals surface area contributed by atoms with Gasteiger partial charge in [-0.15, -0.1) is 11.3 Å². The van der Waals surface area contributed by atoms with Crippen molar-refractivity contribution in [1.29, 1.82) is 0 Å². The first-order valence-corrected chi connectivity index (χ1v) is 7.51. The minimum atomic E-state index is 0.0947. The van der Waals surface area contributed by atoms with Gasteiger partial charge in [0, 0.05) is 17.1 Å². The van der Waals surface area contributed by atoms with E-state index in [1.807, 2.05) is 12.1 Å². The Labute approximate surface area is 121 Å². The van der Waals surface area contributed by atoms with Crippen LogP contribution in [0, 0.1) is 5.41 Å². The lowest BCUT2D eigenvalue weighted by Gasteiger charge is -2.32. The molecule has 2 N–H and O–H groups in total. The molecule has 19 heavy (non-hydrogen) atoms. The molecular weight excluding hydrogens is 278 g/mol. The Morgan fingerprint density at radius 3 is 2.89 bits per heavy atom. The van der Waals surface area contributed by atoms with Crippen molar-refractivity contribution in [3.63, 3.8) is 0 Å². The first-order valence-electron chi connectivity index (χ1n) is 6.32. The number of rotatable bonds is 1. The maximum atomic E-state index is 6.27. The first-order chi connectivity index (χ1) is 8.94. The van der Waals surface area contributed by atoms with E-state index in [4.69, 9.17) is 22.3 Å². The number of halogens is 1. The summed E-state index contributed by atoms with van der Waals surface area (Å²) in [5.74, 6) is 0. The quantitative estimate of drug-likeness (QED) is 0.869. The van der Waals surface area contributed by atoms with Crippen LogP contribution in [0.5, 0.6) is 0 Å². The van der Waals surface area contributed by atoms with E-state index in [1.165, 1.54) is 4.88 Å². The van der Waals surface area contributed by atoms with E-state index in [0.717, 1.165) is 29.2 Å². The number of nitrogens with two attached hydrogens (primary N) is 1. The van der Waals surface area contributed by atoms with Crippen LogP contribution in [0.3, 0.4) is 0 Å². The zero-order chi connectivity index (χ0) is 13.6. The Balaban J connectivity index is 2.01. The van der Waals surface area contributed by atoms with Crippen LogP contribution in [0.15, 0.2) is 18.3 Å². The van der Waals surface area contributed by atoms with Crippen LogP contribution in [-0.2, 0) is 6.42 Å². The summed E-state index contributed by atoms with van der Waals surface area (Å²) < 4.78 is 0. The van der Waals surface area contributed by atoms with Crippen molar-refractivity contribution in [2.24, 2.45) is 11.1 Å². The van der Waals surface area contributed by atoms with Gasteiger partial charge in [-0.05, 0) is 30.4 Å². The molecular formula is C14H16ClN3S. The smallest absolute Gasteiger partial charge is 0.142 e. The molecule has 0 bridgehead atoms. The summed E-state index contributed by atoms with van der Waals surface area (Å²) >= 11 is 7.52. The Morgan fingerprint density at radius 2 is 2.21 bits per heavy atom. The molecule has 1 aliphatic carbocycles. The zero-order valence-corrected chi connectivity index (χ0v) is 12.6. The fourth-order valence-electron chi connectivity index (χ4n) is 2.61. The van der Waals surface area contributed by atoms with Gasteiger partial charge >= 0.3 is 0 Å². The van der Waals surface area contributed by atoms with Crippen LogP contribution in [0.4, 0.5) is 0 Å². The maximum Gasteiger partial charge on any atom is 0.142 e. The van der Waals surface area contributed by atoms with E-state index in [2.05, 4.69) is 18.8 Å². The Morgan fingerprint density at radius 1 is 1.42 bits per heavy atom. The van der Waals surface area contributed by atoms with Gasteiger partial charge in [0.2, 0.25) is 0 Å². The molecule has 0 saturated heterocycles. The highest BCUT2D eigenvalue weighted by atomic mass is 35.5. The van der Waals surface area contributed by atoms with Crippen molar-refractivity contribution >= 4 is 22.9 Å². The van der Waals surface area contributed by atoms with Crippen molar-refractivity contribution in [1.82, 2.24) is 9.97 Å². The third-order valence-electron chi connectivity index (χ3n) is 3.43. The summed E-state index contributed by atoms with van der Waals surface area (Å²) in [4.78, 5) is 10.3. The molecule has 0 saturated carbocycles. The van der Waals surface area contributed by atoms with Gasteiger partial charge in [0.05, 0.1) is 16.4 Å². The van der Waals surface area contributed by atoms with Gasteiger partial charge < -0.3 is 5.73 Å². The third kappa shape index (κ3) is 2.53. The van der Waals surface area contributed by atoms with Crippen LogP contribution in [0.25, 0.3) is 10.7 Å². The Kier molecular flexibility index (Phi) is 3.12. The van der Waals surface area contributed by atoms with Gasteiger partial charge in [-0.25, -0.2) is 4.98 Å². The lowest BCUT2D eigenvalue weighted by Crippen LogP contribution is -2.28. The second-order valence-electron chi connectivity index (χ2n) is 5.84. The van der Waals surface area contributed by atoms with E-state index < -0.39 is 0 Å². The molecule has 0 fully saturated rings. The number of fused-ring (bicyclic) bond motifs is 1. The molecule has 1 atom stereocenters. The molecule has 0 radical (unpaired) electrons. The number of hydrogen-bond donors (Lipinski definition) is 1. The summed E-state index contributed by atoms with van der Waals surface area (Å²) in [5.41, 5.74) is 8.50. The second-order valence-corrected chi connectivity index (χ2v) is 7.31. The van der Waals surface area contributed by atoms with E-state index in [0.29, 0.717) is 5.02 Å². The van der Waals surface area contributed by atoms with Crippen molar-refractivity contribution in [2.75, 3.05) is 0 Å². The van der Waals surface area contributed by atoms with E-state index in [-0.39, 0.29) is 11.5 Å². The average molecular weight is 294 g/mol. The predicted molar refractivity (Wildman–Crippen MR) is 79.4 cm³/mol. The molecule has 0 aromatic carbocycles. The predicted octanol–water partition coefficient (Wildman–Crippen LogP) is 3.83. The van der Waals surface area contributed by atoms with Gasteiger partial charge in [0.25, 0.3) is 0 Å². The number of hydrogen-bond acceptors (Lipinski definition) is 4. The largest absolute Gasteiger partial charge is 0.323 e. The fraction of sp³-hybridized carbons (Fsp3) is 0.429. The highest BCUT2D eigenvalue weighted by Crippen LogP contribution is 2.43. The minimum absolute atomic E-state index is 0.0947. The number of aromatic nitrogens is 2. The van der Waals surface area contributed by atoms with Crippen LogP contribution in [-0.4, -0.2) is 9.97 Å². The minimum Gasteiger partial charge on any atom is -0.323 e. The second kappa shape index (κ2) is 4.54. The van der Waals surface area contributed by atoms with Crippen molar-refractivity contribution < 1.29 is 0 Å². The van der Waals surface area contributed by atoms with Gasteiger partial charge in [-0.3, -0.25) is 4.98 Å². The molecule has 100 valence electrons. The monoisotopic (exact) mass is 293 g/mol. The lowest BCUT2D eigenvalue weighted by atomic mass is 9.77. The average Bonchev–Trinajstić information content (AvgIpc) is 2.72. The van der Waals surface area contributed by atoms with Gasteiger partial charge in [-0.1, -0.05) is 25.4 Å². The van der Waals surface area contributed by atoms with E-state index in [1.54, 1.807) is 17.5 Å². The number of nitrogens with zero attached hydrogens (tertiary/aromatic N) is 2.